The molecule has 1 saturated carbocycles. The van der Waals surface area contributed by atoms with E-state index in [-0.39, 0.29) is 12.2 Å². The molecule has 2 amide bonds. The predicted molar refractivity (Wildman–Crippen MR) is 132 cm³/mol. The fraction of sp³-hybridized carbons (Fsp3) is 0.625. The minimum atomic E-state index is -0.483. The van der Waals surface area contributed by atoms with Crippen LogP contribution >= 0.6 is 12.2 Å². The quantitative estimate of drug-likeness (QED) is 0.578. The van der Waals surface area contributed by atoms with E-state index in [1.165, 1.54) is 36.6 Å². The van der Waals surface area contributed by atoms with Crippen LogP contribution in [0.3, 0.4) is 0 Å². The topological polar surface area (TPSA) is 74.3 Å². The molecule has 0 spiro atoms. The second kappa shape index (κ2) is 11.2. The number of amides is 2. The van der Waals surface area contributed by atoms with Gasteiger partial charge in [-0.3, -0.25) is 4.90 Å². The zero-order chi connectivity index (χ0) is 24.1. The summed E-state index contributed by atoms with van der Waals surface area (Å²) in [4.78, 5) is 30.1. The number of benzene rings is 1. The van der Waals surface area contributed by atoms with E-state index >= 15 is 0 Å². The number of piperazine rings is 1. The number of hydrogen-bond acceptors (Lipinski definition) is 6. The summed E-state index contributed by atoms with van der Waals surface area (Å²) in [6.07, 6.45) is 4.75. The molecule has 4 rings (SSSR count). The van der Waals surface area contributed by atoms with Crippen LogP contribution in [0.2, 0.25) is 0 Å². The molecular formula is C24H33FN4O4S. The van der Waals surface area contributed by atoms with E-state index in [9.17, 15) is 14.0 Å². The van der Waals surface area contributed by atoms with E-state index in [1.54, 1.807) is 24.0 Å². The number of thiocarbonyl (C=S) groups is 1. The highest BCUT2D eigenvalue weighted by molar-refractivity contribution is 7.80. The maximum atomic E-state index is 15.0. The Balaban J connectivity index is 1.29. The van der Waals surface area contributed by atoms with Gasteiger partial charge in [0.05, 0.1) is 36.1 Å². The first kappa shape index (κ1) is 24.5. The Labute approximate surface area is 205 Å². The molecule has 10 heteroatoms. The van der Waals surface area contributed by atoms with Crippen molar-refractivity contribution in [1.82, 2.24) is 10.2 Å². The molecule has 8 nitrogen and oxygen atoms in total. The molecule has 1 atom stereocenters. The summed E-state index contributed by atoms with van der Waals surface area (Å²) in [5, 5.41) is 3.24. The molecule has 0 bridgehead atoms. The number of hydrogen-bond donors (Lipinski definition) is 1. The number of halogens is 1. The van der Waals surface area contributed by atoms with E-state index in [0.717, 1.165) is 11.4 Å². The molecule has 34 heavy (non-hydrogen) atoms. The van der Waals surface area contributed by atoms with Crippen molar-refractivity contribution in [3.05, 3.63) is 24.0 Å². The molecule has 1 aromatic carbocycles. The highest BCUT2D eigenvalue weighted by Gasteiger charge is 2.33. The Morgan fingerprint density at radius 1 is 1.24 bits per heavy atom. The highest BCUT2D eigenvalue weighted by atomic mass is 32.1. The van der Waals surface area contributed by atoms with Crippen molar-refractivity contribution >= 4 is 40.8 Å². The zero-order valence-electron chi connectivity index (χ0n) is 19.6. The summed E-state index contributed by atoms with van der Waals surface area (Å²) in [5.74, 6) is 0.256. The van der Waals surface area contributed by atoms with Crippen LogP contribution in [-0.4, -0.2) is 74.1 Å². The zero-order valence-corrected chi connectivity index (χ0v) is 20.4. The molecule has 1 N–H and O–H groups in total. The monoisotopic (exact) mass is 492 g/mol. The summed E-state index contributed by atoms with van der Waals surface area (Å²) in [6.45, 7) is 4.86. The summed E-state index contributed by atoms with van der Waals surface area (Å²) in [6, 6.07) is 4.78. The first-order valence-electron chi connectivity index (χ1n) is 12.2. The van der Waals surface area contributed by atoms with Crippen molar-refractivity contribution in [3.63, 3.8) is 0 Å². The third-order valence-corrected chi connectivity index (χ3v) is 7.05. The first-order chi connectivity index (χ1) is 16.4. The van der Waals surface area contributed by atoms with Crippen LogP contribution in [0.4, 0.5) is 25.4 Å². The van der Waals surface area contributed by atoms with Crippen LogP contribution in [0, 0.1) is 11.7 Å². The molecule has 1 unspecified atom stereocenters. The summed E-state index contributed by atoms with van der Waals surface area (Å²) < 4.78 is 25.5. The number of cyclic esters (lactones) is 1. The number of nitrogens with zero attached hydrogens (tertiary/aromatic N) is 3. The average molecular weight is 493 g/mol. The van der Waals surface area contributed by atoms with E-state index in [4.69, 9.17) is 21.7 Å². The summed E-state index contributed by atoms with van der Waals surface area (Å²) in [7, 11) is 0. The highest BCUT2D eigenvalue weighted by Crippen LogP contribution is 2.29. The van der Waals surface area contributed by atoms with Crippen LogP contribution in [0.15, 0.2) is 18.2 Å². The van der Waals surface area contributed by atoms with Gasteiger partial charge in [-0.05, 0) is 31.0 Å². The van der Waals surface area contributed by atoms with Crippen molar-refractivity contribution in [2.45, 2.75) is 45.1 Å². The normalized spacial score (nSPS) is 21.1. The average Bonchev–Trinajstić information content (AvgIpc) is 3.47. The first-order valence-corrected chi connectivity index (χ1v) is 12.6. The van der Waals surface area contributed by atoms with Gasteiger partial charge in [-0.2, -0.15) is 0 Å². The number of anilines is 2. The Bertz CT molecular complexity index is 903. The lowest BCUT2D eigenvalue weighted by molar-refractivity contribution is 0.105. The van der Waals surface area contributed by atoms with Crippen LogP contribution in [0.25, 0.3) is 0 Å². The summed E-state index contributed by atoms with van der Waals surface area (Å²) >= 11 is 5.46. The molecule has 2 saturated heterocycles. The molecule has 2 heterocycles. The van der Waals surface area contributed by atoms with Crippen molar-refractivity contribution < 1.29 is 23.5 Å². The molecule has 3 fully saturated rings. The smallest absolute Gasteiger partial charge is 0.414 e. The Hall–Kier alpha value is -2.62. The van der Waals surface area contributed by atoms with Crippen LogP contribution < -0.4 is 15.1 Å². The maximum absolute atomic E-state index is 15.0. The van der Waals surface area contributed by atoms with Crippen molar-refractivity contribution in [2.75, 3.05) is 55.7 Å². The lowest BCUT2D eigenvalue weighted by atomic mass is 10.0. The third-order valence-electron chi connectivity index (χ3n) is 6.74. The Morgan fingerprint density at radius 2 is 1.97 bits per heavy atom. The van der Waals surface area contributed by atoms with Gasteiger partial charge in [-0.15, -0.1) is 0 Å². The number of carbonyl (C=O) groups is 2. The molecular weight excluding hydrogens is 459 g/mol. The van der Waals surface area contributed by atoms with Gasteiger partial charge in [0.25, 0.3) is 0 Å². The van der Waals surface area contributed by atoms with Gasteiger partial charge in [0.15, 0.2) is 0 Å². The van der Waals surface area contributed by atoms with Gasteiger partial charge in [0.1, 0.15) is 11.9 Å². The fourth-order valence-corrected chi connectivity index (χ4v) is 5.20. The van der Waals surface area contributed by atoms with E-state index in [1.807, 2.05) is 4.90 Å². The predicted octanol–water partition coefficient (Wildman–Crippen LogP) is 3.93. The van der Waals surface area contributed by atoms with Gasteiger partial charge in [-0.1, -0.05) is 37.9 Å². The molecule has 1 aliphatic carbocycles. The molecule has 186 valence electrons. The molecule has 1 aromatic rings. The molecule has 3 aliphatic rings. The minimum absolute atomic E-state index is 0.331. The number of carbonyl (C=O) groups excluding carboxylic acids is 2. The van der Waals surface area contributed by atoms with Gasteiger partial charge in [0.2, 0.25) is 0 Å². The van der Waals surface area contributed by atoms with E-state index < -0.39 is 11.9 Å². The minimum Gasteiger partial charge on any atom is -0.450 e. The number of nitrogens with one attached hydrogen (secondary N) is 1. The fourth-order valence-electron chi connectivity index (χ4n) is 4.88. The standard InChI is InChI=1S/C24H33FN4O4S/c1-2-32-23(30)28-11-9-27(10-12-28)21-8-7-18(14-20(21)25)29-16-19(33-24(29)31)15-26-22(34)13-17-5-3-4-6-17/h7-8,14,17,19H,2-6,9-13,15-16H2,1H3,(H,26,34). The van der Waals surface area contributed by atoms with Gasteiger partial charge in [0, 0.05) is 32.6 Å². The summed E-state index contributed by atoms with van der Waals surface area (Å²) in [5.41, 5.74) is 0.919. The Kier molecular flexibility index (Phi) is 8.07. The van der Waals surface area contributed by atoms with E-state index in [0.29, 0.717) is 63.2 Å². The third kappa shape index (κ3) is 5.89. The van der Waals surface area contributed by atoms with E-state index in [2.05, 4.69) is 5.32 Å². The molecule has 2 aliphatic heterocycles. The maximum Gasteiger partial charge on any atom is 0.414 e. The largest absolute Gasteiger partial charge is 0.450 e. The van der Waals surface area contributed by atoms with Gasteiger partial charge < -0.3 is 24.6 Å². The lowest BCUT2D eigenvalue weighted by Crippen LogP contribution is -2.49. The van der Waals surface area contributed by atoms with Crippen molar-refractivity contribution in [3.8, 4) is 0 Å². The molecule has 0 aromatic heterocycles. The number of ether oxygens (including phenoxy) is 2. The van der Waals surface area contributed by atoms with Gasteiger partial charge >= 0.3 is 12.2 Å². The second-order valence-corrected chi connectivity index (χ2v) is 9.58. The van der Waals surface area contributed by atoms with Crippen LogP contribution in [-0.2, 0) is 9.47 Å². The number of rotatable bonds is 7. The Morgan fingerprint density at radius 3 is 2.65 bits per heavy atom. The van der Waals surface area contributed by atoms with Crippen molar-refractivity contribution in [1.29, 1.82) is 0 Å². The van der Waals surface area contributed by atoms with Crippen LogP contribution in [0.1, 0.15) is 39.0 Å². The van der Waals surface area contributed by atoms with Gasteiger partial charge in [-0.25, -0.2) is 14.0 Å². The lowest BCUT2D eigenvalue weighted by Gasteiger charge is -2.35. The van der Waals surface area contributed by atoms with Crippen LogP contribution in [0.5, 0.6) is 0 Å². The second-order valence-electron chi connectivity index (χ2n) is 9.08. The SMILES string of the molecule is CCOC(=O)N1CCN(c2ccc(N3CC(CNC(=S)CC4CCCC4)OC3=O)cc2F)CC1. The van der Waals surface area contributed by atoms with Crippen molar-refractivity contribution in [2.24, 2.45) is 5.92 Å². The molecule has 0 radical (unpaired) electrons.